The molecule has 1 aromatic rings. The Labute approximate surface area is 196 Å². The van der Waals surface area contributed by atoms with Gasteiger partial charge in [0, 0.05) is 56.5 Å². The number of carbonyl (C=O) groups excluding carboxylic acids is 3. The lowest BCUT2D eigenvalue weighted by Gasteiger charge is -2.35. The van der Waals surface area contributed by atoms with E-state index in [1.54, 1.807) is 11.9 Å². The van der Waals surface area contributed by atoms with Crippen molar-refractivity contribution in [2.45, 2.75) is 57.2 Å². The Kier molecular flexibility index (Phi) is 7.98. The molecule has 1 aromatic carbocycles. The lowest BCUT2D eigenvalue weighted by molar-refractivity contribution is -0.121. The summed E-state index contributed by atoms with van der Waals surface area (Å²) in [4.78, 5) is 40.4. The van der Waals surface area contributed by atoms with Crippen molar-refractivity contribution in [3.8, 4) is 0 Å². The van der Waals surface area contributed by atoms with Crippen molar-refractivity contribution in [1.82, 2.24) is 15.5 Å². The smallest absolute Gasteiger partial charge is 0.255 e. The molecule has 1 atom stereocenters. The van der Waals surface area contributed by atoms with E-state index in [0.29, 0.717) is 30.6 Å². The number of aldehydes is 1. The highest BCUT2D eigenvalue weighted by Gasteiger charge is 2.35. The van der Waals surface area contributed by atoms with E-state index in [1.807, 2.05) is 12.1 Å². The minimum Gasteiger partial charge on any atom is -0.378 e. The first-order chi connectivity index (χ1) is 16.1. The number of nitrogens with zero attached hydrogens (tertiary/aromatic N) is 2. The number of hydrogen-bond donors (Lipinski definition) is 2. The van der Waals surface area contributed by atoms with Gasteiger partial charge in [-0.25, -0.2) is 0 Å². The van der Waals surface area contributed by atoms with E-state index in [4.69, 9.17) is 4.74 Å². The number of hydrogen-bond acceptors (Lipinski definition) is 6. The molecule has 2 saturated heterocycles. The fourth-order valence-corrected chi connectivity index (χ4v) is 5.19. The monoisotopic (exact) mass is 456 g/mol. The van der Waals surface area contributed by atoms with E-state index < -0.39 is 6.04 Å². The number of fused-ring (bicyclic) bond motifs is 1. The van der Waals surface area contributed by atoms with Crippen LogP contribution in [0.3, 0.4) is 0 Å². The highest BCUT2D eigenvalue weighted by Crippen LogP contribution is 2.34. The van der Waals surface area contributed by atoms with E-state index in [9.17, 15) is 14.4 Å². The van der Waals surface area contributed by atoms with Crippen molar-refractivity contribution in [1.29, 1.82) is 0 Å². The highest BCUT2D eigenvalue weighted by molar-refractivity contribution is 6.01. The van der Waals surface area contributed by atoms with Crippen LogP contribution in [0.1, 0.15) is 54.4 Å². The van der Waals surface area contributed by atoms with Gasteiger partial charge in [0.25, 0.3) is 5.91 Å². The molecule has 1 unspecified atom stereocenters. The Morgan fingerprint density at radius 2 is 2.00 bits per heavy atom. The summed E-state index contributed by atoms with van der Waals surface area (Å²) in [6, 6.07) is 5.25. The number of nitrogens with one attached hydrogen (secondary N) is 2. The first kappa shape index (κ1) is 23.7. The molecule has 0 saturated carbocycles. The van der Waals surface area contributed by atoms with Crippen molar-refractivity contribution in [2.75, 3.05) is 44.7 Å². The third-order valence-corrected chi connectivity index (χ3v) is 7.28. The first-order valence-corrected chi connectivity index (χ1v) is 12.3. The summed E-state index contributed by atoms with van der Waals surface area (Å²) in [6.07, 6.45) is 6.00. The zero-order chi connectivity index (χ0) is 23.2. The molecule has 3 aliphatic rings. The normalized spacial score (nSPS) is 20.6. The van der Waals surface area contributed by atoms with Crippen LogP contribution in [-0.4, -0.2) is 75.0 Å². The molecular weight excluding hydrogens is 420 g/mol. The predicted octanol–water partition coefficient (Wildman–Crippen LogP) is 1.72. The maximum absolute atomic E-state index is 13.1. The van der Waals surface area contributed by atoms with E-state index in [0.717, 1.165) is 63.2 Å². The van der Waals surface area contributed by atoms with E-state index >= 15 is 0 Å². The number of carbonyl (C=O) groups is 3. The Hall–Kier alpha value is -2.45. The van der Waals surface area contributed by atoms with Crippen LogP contribution in [0.4, 0.5) is 5.69 Å². The van der Waals surface area contributed by atoms with Crippen molar-refractivity contribution < 1.29 is 19.1 Å². The number of piperidine rings is 2. The second-order valence-corrected chi connectivity index (χ2v) is 9.36. The molecule has 0 aliphatic carbocycles. The van der Waals surface area contributed by atoms with Crippen LogP contribution in [0.2, 0.25) is 0 Å². The first-order valence-electron chi connectivity index (χ1n) is 12.3. The summed E-state index contributed by atoms with van der Waals surface area (Å²) in [5.74, 6) is 0.422. The Bertz CT molecular complexity index is 847. The summed E-state index contributed by atoms with van der Waals surface area (Å²) in [6.45, 7) is 5.26. The molecule has 0 radical (unpaired) electrons. The van der Waals surface area contributed by atoms with Crippen LogP contribution in [0.5, 0.6) is 0 Å². The average Bonchev–Trinajstić information content (AvgIpc) is 3.20. The molecule has 8 nitrogen and oxygen atoms in total. The quantitative estimate of drug-likeness (QED) is 0.550. The molecule has 2 N–H and O–H groups in total. The molecule has 4 rings (SSSR count). The molecule has 3 heterocycles. The summed E-state index contributed by atoms with van der Waals surface area (Å²) in [5, 5.41) is 5.97. The SMILES string of the molecule is CNC(=O)CCC(C=O)N1Cc2c(cccc2N2CCC(OCC3CCNCC3)CC2)C1=O. The molecule has 8 heteroatoms. The van der Waals surface area contributed by atoms with Gasteiger partial charge in [0.2, 0.25) is 5.91 Å². The van der Waals surface area contributed by atoms with E-state index in [1.165, 1.54) is 12.8 Å². The largest absolute Gasteiger partial charge is 0.378 e. The van der Waals surface area contributed by atoms with Crippen LogP contribution < -0.4 is 15.5 Å². The highest BCUT2D eigenvalue weighted by atomic mass is 16.5. The van der Waals surface area contributed by atoms with Crippen LogP contribution in [0.15, 0.2) is 18.2 Å². The maximum atomic E-state index is 13.1. The van der Waals surface area contributed by atoms with Gasteiger partial charge in [0.05, 0.1) is 12.1 Å². The lowest BCUT2D eigenvalue weighted by Crippen LogP contribution is -2.39. The summed E-state index contributed by atoms with van der Waals surface area (Å²) < 4.78 is 6.25. The topological polar surface area (TPSA) is 91.0 Å². The fourth-order valence-electron chi connectivity index (χ4n) is 5.19. The van der Waals surface area contributed by atoms with Crippen molar-refractivity contribution in [3.05, 3.63) is 29.3 Å². The van der Waals surface area contributed by atoms with Gasteiger partial charge in [0.15, 0.2) is 0 Å². The second kappa shape index (κ2) is 11.1. The van der Waals surface area contributed by atoms with Gasteiger partial charge in [-0.05, 0) is 63.2 Å². The van der Waals surface area contributed by atoms with E-state index in [2.05, 4.69) is 21.6 Å². The molecule has 3 aliphatic heterocycles. The average molecular weight is 457 g/mol. The summed E-state index contributed by atoms with van der Waals surface area (Å²) in [7, 11) is 1.57. The lowest BCUT2D eigenvalue weighted by atomic mass is 9.99. The molecule has 0 aromatic heterocycles. The van der Waals surface area contributed by atoms with Gasteiger partial charge in [-0.15, -0.1) is 0 Å². The van der Waals surface area contributed by atoms with Gasteiger partial charge in [0.1, 0.15) is 6.29 Å². The minimum atomic E-state index is -0.593. The standard InChI is InChI=1S/C25H36N4O4/c1-26-24(31)6-5-19(16-30)29-15-22-21(25(29)32)3-2-4-23(22)28-13-9-20(10-14-28)33-17-18-7-11-27-12-8-18/h2-4,16,18-20,27H,5-15,17H2,1H3,(H,26,31). The van der Waals surface area contributed by atoms with Gasteiger partial charge >= 0.3 is 0 Å². The minimum absolute atomic E-state index is 0.124. The molecule has 2 fully saturated rings. The van der Waals surface area contributed by atoms with E-state index in [-0.39, 0.29) is 18.2 Å². The van der Waals surface area contributed by atoms with Crippen molar-refractivity contribution >= 4 is 23.8 Å². The van der Waals surface area contributed by atoms with Gasteiger partial charge in [-0.3, -0.25) is 9.59 Å². The third kappa shape index (κ3) is 5.55. The molecule has 180 valence electrons. The predicted molar refractivity (Wildman–Crippen MR) is 126 cm³/mol. The van der Waals surface area contributed by atoms with Crippen LogP contribution in [-0.2, 0) is 20.9 Å². The number of anilines is 1. The molecule has 2 amide bonds. The van der Waals surface area contributed by atoms with Gasteiger partial charge < -0.3 is 30.0 Å². The molecule has 0 bridgehead atoms. The Morgan fingerprint density at radius 1 is 1.24 bits per heavy atom. The van der Waals surface area contributed by atoms with Crippen LogP contribution >= 0.6 is 0 Å². The fraction of sp³-hybridized carbons (Fsp3) is 0.640. The molecule has 33 heavy (non-hydrogen) atoms. The zero-order valence-electron chi connectivity index (χ0n) is 19.6. The number of rotatable bonds is 9. The Balaban J connectivity index is 1.35. The number of amides is 2. The summed E-state index contributed by atoms with van der Waals surface area (Å²) in [5.41, 5.74) is 2.74. The number of benzene rings is 1. The van der Waals surface area contributed by atoms with Crippen molar-refractivity contribution in [3.63, 3.8) is 0 Å². The second-order valence-electron chi connectivity index (χ2n) is 9.36. The Morgan fingerprint density at radius 3 is 2.70 bits per heavy atom. The molecular formula is C25H36N4O4. The van der Waals surface area contributed by atoms with Crippen LogP contribution in [0, 0.1) is 5.92 Å². The van der Waals surface area contributed by atoms with Crippen molar-refractivity contribution in [2.24, 2.45) is 5.92 Å². The zero-order valence-corrected chi connectivity index (χ0v) is 19.6. The number of ether oxygens (including phenoxy) is 1. The summed E-state index contributed by atoms with van der Waals surface area (Å²) >= 11 is 0. The van der Waals surface area contributed by atoms with Gasteiger partial charge in [-0.2, -0.15) is 0 Å². The molecule has 0 spiro atoms. The van der Waals surface area contributed by atoms with Gasteiger partial charge in [-0.1, -0.05) is 6.07 Å². The third-order valence-electron chi connectivity index (χ3n) is 7.28. The maximum Gasteiger partial charge on any atom is 0.255 e. The van der Waals surface area contributed by atoms with Crippen LogP contribution in [0.25, 0.3) is 0 Å².